The zero-order chi connectivity index (χ0) is 29.2. The number of aromatic nitrogens is 2. The van der Waals surface area contributed by atoms with Crippen molar-refractivity contribution in [3.63, 3.8) is 0 Å². The van der Waals surface area contributed by atoms with Crippen molar-refractivity contribution in [1.29, 1.82) is 0 Å². The number of pyridine rings is 2. The summed E-state index contributed by atoms with van der Waals surface area (Å²) in [5, 5.41) is 17.5. The summed E-state index contributed by atoms with van der Waals surface area (Å²) in [5.74, 6) is 0. The molecule has 2 heterocycles. The SMILES string of the molecule is CCCCCCCCCC[N+](C)(C)CCCCCCCCCC.On1ccccc1=S.On1ccccc1=S.[Cl-]. The summed E-state index contributed by atoms with van der Waals surface area (Å²) < 4.78 is 3.89. The lowest BCUT2D eigenvalue weighted by Crippen LogP contribution is -3.00. The van der Waals surface area contributed by atoms with Crippen LogP contribution >= 0.6 is 24.4 Å². The summed E-state index contributed by atoms with van der Waals surface area (Å²) >= 11 is 9.33. The molecule has 0 atom stereocenters. The number of halogens is 1. The van der Waals surface area contributed by atoms with Crippen LogP contribution in [0.1, 0.15) is 117 Å². The average molecular weight is 616 g/mol. The van der Waals surface area contributed by atoms with E-state index in [1.807, 2.05) is 0 Å². The van der Waals surface area contributed by atoms with Gasteiger partial charge in [-0.2, -0.15) is 9.46 Å². The molecule has 0 saturated carbocycles. The smallest absolute Gasteiger partial charge is 0.142 e. The molecule has 0 bridgehead atoms. The molecule has 0 aliphatic rings. The van der Waals surface area contributed by atoms with Gasteiger partial charge in [-0.05, 0) is 49.9 Å². The van der Waals surface area contributed by atoms with Crippen LogP contribution in [0.3, 0.4) is 0 Å². The molecule has 8 heteroatoms. The van der Waals surface area contributed by atoms with Gasteiger partial charge in [0.1, 0.15) is 9.28 Å². The van der Waals surface area contributed by atoms with Crippen molar-refractivity contribution in [2.45, 2.75) is 117 Å². The van der Waals surface area contributed by atoms with Crippen molar-refractivity contribution in [3.05, 3.63) is 58.1 Å². The second-order valence-corrected chi connectivity index (χ2v) is 11.9. The minimum atomic E-state index is 0. The zero-order valence-electron chi connectivity index (χ0n) is 25.8. The van der Waals surface area contributed by atoms with Crippen LogP contribution in [0.15, 0.2) is 48.8 Å². The molecular weight excluding hydrogens is 558 g/mol. The van der Waals surface area contributed by atoms with Crippen molar-refractivity contribution >= 4 is 24.4 Å². The fraction of sp³-hybridized carbons (Fsp3) is 0.688. The van der Waals surface area contributed by atoms with Gasteiger partial charge < -0.3 is 27.3 Å². The third-order valence-electron chi connectivity index (χ3n) is 6.84. The quantitative estimate of drug-likeness (QED) is 0.0802. The van der Waals surface area contributed by atoms with E-state index < -0.39 is 0 Å². The first-order chi connectivity index (χ1) is 18.7. The Bertz CT molecular complexity index is 861. The fourth-order valence-corrected chi connectivity index (χ4v) is 4.58. The van der Waals surface area contributed by atoms with Gasteiger partial charge in [0.05, 0.1) is 27.2 Å². The lowest BCUT2D eigenvalue weighted by atomic mass is 10.1. The van der Waals surface area contributed by atoms with Gasteiger partial charge in [0.25, 0.3) is 0 Å². The summed E-state index contributed by atoms with van der Waals surface area (Å²) in [4.78, 5) is 0. The van der Waals surface area contributed by atoms with Crippen molar-refractivity contribution < 1.29 is 27.3 Å². The molecule has 0 aliphatic heterocycles. The monoisotopic (exact) mass is 615 g/mol. The molecule has 0 saturated heterocycles. The topological polar surface area (TPSA) is 50.3 Å². The van der Waals surface area contributed by atoms with Crippen LogP contribution < -0.4 is 12.4 Å². The molecule has 0 aromatic carbocycles. The Morgan fingerprint density at radius 3 is 1.10 bits per heavy atom. The summed E-state index contributed by atoms with van der Waals surface area (Å²) in [6.07, 6.45) is 26.0. The Balaban J connectivity index is 0. The number of hydrogen-bond acceptors (Lipinski definition) is 4. The number of unbranched alkanes of at least 4 members (excludes halogenated alkanes) is 14. The molecule has 0 fully saturated rings. The van der Waals surface area contributed by atoms with E-state index in [4.69, 9.17) is 10.4 Å². The van der Waals surface area contributed by atoms with Gasteiger partial charge in [-0.1, -0.05) is 127 Å². The zero-order valence-corrected chi connectivity index (χ0v) is 28.2. The van der Waals surface area contributed by atoms with Crippen LogP contribution in [-0.2, 0) is 0 Å². The van der Waals surface area contributed by atoms with E-state index in [1.54, 1.807) is 36.4 Å². The Hall–Kier alpha value is -1.41. The maximum absolute atomic E-state index is 8.73. The first-order valence-corrected chi connectivity index (χ1v) is 16.1. The molecule has 0 aliphatic carbocycles. The summed E-state index contributed by atoms with van der Waals surface area (Å²) in [7, 11) is 4.87. The molecule has 0 spiro atoms. The molecule has 5 nitrogen and oxygen atoms in total. The maximum atomic E-state index is 8.73. The normalized spacial score (nSPS) is 10.5. The molecular formula is C32H58ClN3O2S2. The highest BCUT2D eigenvalue weighted by Crippen LogP contribution is 2.13. The molecule has 2 aromatic heterocycles. The van der Waals surface area contributed by atoms with Crippen LogP contribution in [0.4, 0.5) is 0 Å². The second-order valence-electron chi connectivity index (χ2n) is 11.1. The van der Waals surface area contributed by atoms with Crippen molar-refractivity contribution in [2.24, 2.45) is 0 Å². The Labute approximate surface area is 262 Å². The van der Waals surface area contributed by atoms with Crippen LogP contribution in [0.25, 0.3) is 0 Å². The maximum Gasteiger partial charge on any atom is 0.142 e. The van der Waals surface area contributed by atoms with Gasteiger partial charge in [0.15, 0.2) is 0 Å². The van der Waals surface area contributed by atoms with E-state index in [9.17, 15) is 0 Å². The van der Waals surface area contributed by atoms with Gasteiger partial charge in [-0.3, -0.25) is 0 Å². The van der Waals surface area contributed by atoms with Gasteiger partial charge in [0.2, 0.25) is 0 Å². The minimum Gasteiger partial charge on any atom is -1.00 e. The lowest BCUT2D eigenvalue weighted by Gasteiger charge is -2.30. The minimum absolute atomic E-state index is 0. The van der Waals surface area contributed by atoms with E-state index in [2.05, 4.69) is 52.4 Å². The highest BCUT2D eigenvalue weighted by molar-refractivity contribution is 7.71. The third-order valence-corrected chi connectivity index (χ3v) is 7.49. The van der Waals surface area contributed by atoms with Crippen molar-refractivity contribution in [3.8, 4) is 0 Å². The van der Waals surface area contributed by atoms with E-state index in [-0.39, 0.29) is 12.4 Å². The molecule has 2 rings (SSSR count). The fourth-order valence-electron chi connectivity index (χ4n) is 4.30. The van der Waals surface area contributed by atoms with Gasteiger partial charge >= 0.3 is 0 Å². The molecule has 0 radical (unpaired) electrons. The van der Waals surface area contributed by atoms with Crippen LogP contribution in [0, 0.1) is 9.28 Å². The third kappa shape index (κ3) is 25.6. The average Bonchev–Trinajstić information content (AvgIpc) is 2.91. The Morgan fingerprint density at radius 1 is 0.550 bits per heavy atom. The number of nitrogens with zero attached hydrogens (tertiary/aromatic N) is 3. The molecule has 0 amide bonds. The second kappa shape index (κ2) is 27.7. The largest absolute Gasteiger partial charge is 1.00 e. The molecule has 40 heavy (non-hydrogen) atoms. The molecule has 232 valence electrons. The van der Waals surface area contributed by atoms with Crippen molar-refractivity contribution in [2.75, 3.05) is 27.2 Å². The van der Waals surface area contributed by atoms with Gasteiger partial charge in [0, 0.05) is 12.4 Å². The van der Waals surface area contributed by atoms with E-state index >= 15 is 0 Å². The lowest BCUT2D eigenvalue weighted by molar-refractivity contribution is -0.890. The van der Waals surface area contributed by atoms with E-state index in [1.165, 1.54) is 133 Å². The van der Waals surface area contributed by atoms with E-state index in [0.717, 1.165) is 9.46 Å². The number of rotatable bonds is 18. The first kappa shape index (κ1) is 40.7. The first-order valence-electron chi connectivity index (χ1n) is 15.3. The Morgan fingerprint density at radius 2 is 0.850 bits per heavy atom. The predicted molar refractivity (Wildman–Crippen MR) is 172 cm³/mol. The summed E-state index contributed by atoms with van der Waals surface area (Å²) in [6, 6.07) is 10.3. The van der Waals surface area contributed by atoms with Gasteiger partial charge in [-0.25, -0.2) is 0 Å². The summed E-state index contributed by atoms with van der Waals surface area (Å²) in [5.41, 5.74) is 0. The van der Waals surface area contributed by atoms with Crippen molar-refractivity contribution in [1.82, 2.24) is 9.46 Å². The highest BCUT2D eigenvalue weighted by Gasteiger charge is 2.13. The number of quaternary nitrogens is 1. The predicted octanol–water partition coefficient (Wildman–Crippen LogP) is 7.26. The molecule has 2 aromatic rings. The molecule has 0 unspecified atom stereocenters. The highest BCUT2D eigenvalue weighted by atomic mass is 35.5. The Kier molecular flexibility index (Phi) is 28.2. The van der Waals surface area contributed by atoms with Crippen LogP contribution in [0.5, 0.6) is 0 Å². The summed E-state index contributed by atoms with van der Waals surface area (Å²) in [6.45, 7) is 7.36. The van der Waals surface area contributed by atoms with E-state index in [0.29, 0.717) is 9.28 Å². The molecule has 2 N–H and O–H groups in total. The van der Waals surface area contributed by atoms with Crippen LogP contribution in [-0.4, -0.2) is 51.5 Å². The number of hydrogen-bond donors (Lipinski definition) is 2. The van der Waals surface area contributed by atoms with Gasteiger partial charge in [-0.15, -0.1) is 0 Å². The van der Waals surface area contributed by atoms with Crippen LogP contribution in [0.2, 0.25) is 0 Å². The standard InChI is InChI=1S/C22H48N.2C5H5NOS.ClH/c1-5-7-9-11-13-15-17-19-21-23(3,4)22-20-18-16-14-12-10-8-6-2;2*7-6-4-2-1-3-5(6)8;/h5-22H2,1-4H3;2*1-4,7H;1H/q+1;;;/p-1.